The highest BCUT2D eigenvalue weighted by Crippen LogP contribution is 2.17. The van der Waals surface area contributed by atoms with E-state index in [0.717, 1.165) is 11.1 Å². The zero-order valence-corrected chi connectivity index (χ0v) is 13.7. The molecule has 1 aromatic heterocycles. The van der Waals surface area contributed by atoms with Crippen LogP contribution in [0.3, 0.4) is 0 Å². The third-order valence-corrected chi connectivity index (χ3v) is 4.06. The number of nitrogens with zero attached hydrogens (tertiary/aromatic N) is 2. The molecule has 1 amide bonds. The molecule has 3 aromatic rings. The van der Waals surface area contributed by atoms with Gasteiger partial charge in [0.1, 0.15) is 11.5 Å². The molecule has 0 saturated carbocycles. The smallest absolute Gasteiger partial charge is 0.255 e. The van der Waals surface area contributed by atoms with E-state index in [2.05, 4.69) is 10.4 Å². The Morgan fingerprint density at radius 3 is 2.56 bits per heavy atom. The van der Waals surface area contributed by atoms with Crippen LogP contribution in [0.2, 0.25) is 0 Å². The molecule has 0 unspecified atom stereocenters. The van der Waals surface area contributed by atoms with E-state index in [4.69, 9.17) is 0 Å². The van der Waals surface area contributed by atoms with Gasteiger partial charge >= 0.3 is 0 Å². The summed E-state index contributed by atoms with van der Waals surface area (Å²) in [5.74, 6) is -0.703. The Morgan fingerprint density at radius 1 is 1.16 bits per heavy atom. The van der Waals surface area contributed by atoms with Crippen LogP contribution in [0.15, 0.2) is 54.7 Å². The van der Waals surface area contributed by atoms with Crippen LogP contribution in [0, 0.1) is 12.7 Å². The molecule has 0 saturated heterocycles. The van der Waals surface area contributed by atoms with E-state index in [1.165, 1.54) is 16.9 Å². The van der Waals surface area contributed by atoms with Gasteiger partial charge < -0.3 is 10.4 Å². The lowest BCUT2D eigenvalue weighted by molar-refractivity contribution is 0.0950. The Balaban J connectivity index is 1.79. The summed E-state index contributed by atoms with van der Waals surface area (Å²) in [4.78, 5) is 12.4. The van der Waals surface area contributed by atoms with Gasteiger partial charge in [-0.2, -0.15) is 5.10 Å². The van der Waals surface area contributed by atoms with E-state index in [9.17, 15) is 14.3 Å². The Morgan fingerprint density at radius 2 is 1.84 bits per heavy atom. The number of hydrogen-bond donors (Lipinski definition) is 2. The van der Waals surface area contributed by atoms with Gasteiger partial charge in [0.2, 0.25) is 0 Å². The molecule has 0 aliphatic rings. The number of hydrogen-bond acceptors (Lipinski definition) is 3. The van der Waals surface area contributed by atoms with Gasteiger partial charge in [-0.25, -0.2) is 9.07 Å². The van der Waals surface area contributed by atoms with Crippen molar-refractivity contribution in [1.82, 2.24) is 15.1 Å². The Kier molecular flexibility index (Phi) is 4.90. The van der Waals surface area contributed by atoms with Gasteiger partial charge in [-0.1, -0.05) is 36.4 Å². The topological polar surface area (TPSA) is 67.2 Å². The lowest BCUT2D eigenvalue weighted by atomic mass is 10.1. The van der Waals surface area contributed by atoms with Crippen LogP contribution in [-0.2, 0) is 13.2 Å². The monoisotopic (exact) mass is 339 g/mol. The molecule has 0 radical (unpaired) electrons. The molecular formula is C19H18FN3O2. The molecular weight excluding hydrogens is 321 g/mol. The van der Waals surface area contributed by atoms with Crippen molar-refractivity contribution in [2.45, 2.75) is 20.1 Å². The normalized spacial score (nSPS) is 10.7. The average molecular weight is 339 g/mol. The largest absolute Gasteiger partial charge is 0.392 e. The summed E-state index contributed by atoms with van der Waals surface area (Å²) < 4.78 is 15.3. The number of halogens is 1. The average Bonchev–Trinajstić information content (AvgIpc) is 3.01. The number of rotatable bonds is 5. The molecule has 0 spiro atoms. The molecule has 0 aliphatic carbocycles. The van der Waals surface area contributed by atoms with Gasteiger partial charge in [0.15, 0.2) is 0 Å². The molecule has 128 valence electrons. The van der Waals surface area contributed by atoms with Crippen molar-refractivity contribution in [1.29, 1.82) is 0 Å². The van der Waals surface area contributed by atoms with Crippen LogP contribution in [0.5, 0.6) is 0 Å². The molecule has 3 rings (SSSR count). The SMILES string of the molecule is Cc1c(C(=O)NCc2ccccc2CO)cnn1-c1ccccc1F. The van der Waals surface area contributed by atoms with Gasteiger partial charge in [-0.05, 0) is 30.2 Å². The summed E-state index contributed by atoms with van der Waals surface area (Å²) in [6.07, 6.45) is 1.43. The number of carbonyl (C=O) groups is 1. The summed E-state index contributed by atoms with van der Waals surface area (Å²) >= 11 is 0. The quantitative estimate of drug-likeness (QED) is 0.751. The minimum Gasteiger partial charge on any atom is -0.392 e. The molecule has 5 nitrogen and oxygen atoms in total. The summed E-state index contributed by atoms with van der Waals surface area (Å²) in [6.45, 7) is 1.92. The summed E-state index contributed by atoms with van der Waals surface area (Å²) in [6, 6.07) is 13.6. The zero-order chi connectivity index (χ0) is 17.8. The first-order chi connectivity index (χ1) is 12.1. The molecule has 2 aromatic carbocycles. The second-order valence-corrected chi connectivity index (χ2v) is 5.62. The number of nitrogens with one attached hydrogen (secondary N) is 1. The van der Waals surface area contributed by atoms with Crippen molar-refractivity contribution in [3.8, 4) is 5.69 Å². The van der Waals surface area contributed by atoms with Gasteiger partial charge in [0.05, 0.1) is 24.1 Å². The number of aliphatic hydroxyl groups excluding tert-OH is 1. The van der Waals surface area contributed by atoms with Crippen molar-refractivity contribution >= 4 is 5.91 Å². The third-order valence-electron chi connectivity index (χ3n) is 4.06. The summed E-state index contributed by atoms with van der Waals surface area (Å²) in [5.41, 5.74) is 2.84. The predicted octanol–water partition coefficient (Wildman–Crippen LogP) is 2.74. The van der Waals surface area contributed by atoms with Crippen molar-refractivity contribution in [3.05, 3.63) is 82.9 Å². The number of aliphatic hydroxyl groups is 1. The highest BCUT2D eigenvalue weighted by atomic mass is 19.1. The van der Waals surface area contributed by atoms with E-state index < -0.39 is 5.82 Å². The van der Waals surface area contributed by atoms with E-state index in [0.29, 0.717) is 23.5 Å². The van der Waals surface area contributed by atoms with Crippen LogP contribution in [0.1, 0.15) is 27.2 Å². The first-order valence-electron chi connectivity index (χ1n) is 7.87. The van der Waals surface area contributed by atoms with Crippen LogP contribution in [0.4, 0.5) is 4.39 Å². The van der Waals surface area contributed by atoms with Gasteiger partial charge in [0.25, 0.3) is 5.91 Å². The highest BCUT2D eigenvalue weighted by molar-refractivity contribution is 5.95. The van der Waals surface area contributed by atoms with Crippen molar-refractivity contribution in [2.24, 2.45) is 0 Å². The fourth-order valence-electron chi connectivity index (χ4n) is 2.65. The molecule has 0 bridgehead atoms. The molecule has 2 N–H and O–H groups in total. The van der Waals surface area contributed by atoms with Crippen LogP contribution < -0.4 is 5.32 Å². The first-order valence-corrected chi connectivity index (χ1v) is 7.87. The maximum atomic E-state index is 13.9. The number of aromatic nitrogens is 2. The Bertz CT molecular complexity index is 905. The molecule has 1 heterocycles. The van der Waals surface area contributed by atoms with Crippen LogP contribution in [0.25, 0.3) is 5.69 Å². The fourth-order valence-corrected chi connectivity index (χ4v) is 2.65. The minimum atomic E-state index is -0.405. The molecule has 0 atom stereocenters. The van der Waals surface area contributed by atoms with Crippen molar-refractivity contribution in [3.63, 3.8) is 0 Å². The minimum absolute atomic E-state index is 0.0870. The zero-order valence-electron chi connectivity index (χ0n) is 13.7. The standard InChI is InChI=1S/C19H18FN3O2/c1-13-16(11-22-23(13)18-9-5-4-8-17(18)20)19(25)21-10-14-6-2-3-7-15(14)12-24/h2-9,11,24H,10,12H2,1H3,(H,21,25). The van der Waals surface area contributed by atoms with Crippen molar-refractivity contribution in [2.75, 3.05) is 0 Å². The fraction of sp³-hybridized carbons (Fsp3) is 0.158. The number of carbonyl (C=O) groups excluding carboxylic acids is 1. The highest BCUT2D eigenvalue weighted by Gasteiger charge is 2.16. The van der Waals surface area contributed by atoms with Crippen LogP contribution >= 0.6 is 0 Å². The number of benzene rings is 2. The van der Waals surface area contributed by atoms with E-state index in [-0.39, 0.29) is 12.5 Å². The lowest BCUT2D eigenvalue weighted by Gasteiger charge is -2.09. The Labute approximate surface area is 144 Å². The van der Waals surface area contributed by atoms with Crippen LogP contribution in [-0.4, -0.2) is 20.8 Å². The van der Waals surface area contributed by atoms with E-state index >= 15 is 0 Å². The van der Waals surface area contributed by atoms with Gasteiger partial charge in [0, 0.05) is 6.54 Å². The van der Waals surface area contributed by atoms with Gasteiger partial charge in [-0.15, -0.1) is 0 Å². The van der Waals surface area contributed by atoms with E-state index in [1.54, 1.807) is 25.1 Å². The maximum absolute atomic E-state index is 13.9. The maximum Gasteiger partial charge on any atom is 0.255 e. The molecule has 0 fully saturated rings. The molecule has 6 heteroatoms. The number of amides is 1. The van der Waals surface area contributed by atoms with Crippen molar-refractivity contribution < 1.29 is 14.3 Å². The molecule has 0 aliphatic heterocycles. The number of para-hydroxylation sites is 1. The second-order valence-electron chi connectivity index (χ2n) is 5.62. The summed E-state index contributed by atoms with van der Waals surface area (Å²) in [7, 11) is 0. The third kappa shape index (κ3) is 3.44. The molecule has 25 heavy (non-hydrogen) atoms. The summed E-state index contributed by atoms with van der Waals surface area (Å²) in [5, 5.41) is 16.3. The first kappa shape index (κ1) is 16.9. The Hall–Kier alpha value is -2.99. The van der Waals surface area contributed by atoms with E-state index in [1.807, 2.05) is 24.3 Å². The van der Waals surface area contributed by atoms with Gasteiger partial charge in [-0.3, -0.25) is 4.79 Å². The lowest BCUT2D eigenvalue weighted by Crippen LogP contribution is -2.24. The second kappa shape index (κ2) is 7.27. The predicted molar refractivity (Wildman–Crippen MR) is 91.8 cm³/mol.